The van der Waals surface area contributed by atoms with Crippen molar-refractivity contribution in [2.75, 3.05) is 25.4 Å². The third-order valence-corrected chi connectivity index (χ3v) is 9.74. The van der Waals surface area contributed by atoms with Crippen LogP contribution in [0.5, 0.6) is 0 Å². The van der Waals surface area contributed by atoms with Gasteiger partial charge in [0.15, 0.2) is 5.65 Å². The van der Waals surface area contributed by atoms with E-state index < -0.39 is 0 Å². The monoisotopic (exact) mass is 628 g/mol. The third-order valence-electron chi connectivity index (χ3n) is 8.81. The molecule has 1 aliphatic heterocycles. The molecule has 2 amide bonds. The summed E-state index contributed by atoms with van der Waals surface area (Å²) in [5.41, 5.74) is 5.80. The Morgan fingerprint density at radius 1 is 0.891 bits per heavy atom. The molecule has 9 heteroatoms. The minimum atomic E-state index is -0.0591. The lowest BCUT2D eigenvalue weighted by Gasteiger charge is -2.40. The predicted octanol–water partition coefficient (Wildman–Crippen LogP) is 6.73. The van der Waals surface area contributed by atoms with E-state index in [-0.39, 0.29) is 17.9 Å². The second-order valence-electron chi connectivity index (χ2n) is 12.0. The number of piperazine rings is 1. The first-order valence-corrected chi connectivity index (χ1v) is 16.8. The first-order chi connectivity index (χ1) is 22.5. The smallest absolute Gasteiger partial charge is 0.254 e. The van der Waals surface area contributed by atoms with Gasteiger partial charge in [-0.1, -0.05) is 90.1 Å². The second-order valence-corrected chi connectivity index (χ2v) is 13.1. The Morgan fingerprint density at radius 2 is 1.70 bits per heavy atom. The maximum absolute atomic E-state index is 13.5. The third kappa shape index (κ3) is 5.95. The molecule has 1 unspecified atom stereocenters. The minimum absolute atomic E-state index is 0.0244. The van der Waals surface area contributed by atoms with Crippen molar-refractivity contribution in [1.29, 1.82) is 0 Å². The van der Waals surface area contributed by atoms with Crippen LogP contribution in [0, 0.1) is 6.92 Å². The number of carbonyl (C=O) groups excluding carboxylic acids is 2. The lowest BCUT2D eigenvalue weighted by atomic mass is 10.0. The molecule has 6 aromatic rings. The number of hydrogen-bond acceptors (Lipinski definition) is 6. The highest BCUT2D eigenvalue weighted by molar-refractivity contribution is 7.99. The number of thioether (sulfide) groups is 1. The number of hydrogen-bond donors (Lipinski definition) is 0. The number of amides is 2. The molecule has 0 bridgehead atoms. The van der Waals surface area contributed by atoms with Crippen LogP contribution in [0.3, 0.4) is 0 Å². The lowest BCUT2D eigenvalue weighted by molar-refractivity contribution is -0.133. The topological polar surface area (TPSA) is 84.2 Å². The number of aromatic nitrogens is 4. The molecule has 46 heavy (non-hydrogen) atoms. The Morgan fingerprint density at radius 3 is 2.54 bits per heavy atom. The SMILES string of the molecule is Cc1ccc2c(c1)c1nnc(SCCCC(=O)N3CCN(C(=O)c4cccc5ccccc45)C(C)C3)nc1n2Cc1ccccc1. The van der Waals surface area contributed by atoms with E-state index in [4.69, 9.17) is 4.98 Å². The van der Waals surface area contributed by atoms with Crippen molar-refractivity contribution in [3.63, 3.8) is 0 Å². The van der Waals surface area contributed by atoms with Crippen LogP contribution < -0.4 is 0 Å². The molecule has 0 spiro atoms. The zero-order chi connectivity index (χ0) is 31.6. The molecule has 0 N–H and O–H groups in total. The fourth-order valence-electron chi connectivity index (χ4n) is 6.44. The van der Waals surface area contributed by atoms with Crippen LogP contribution in [0.15, 0.2) is 96.2 Å². The summed E-state index contributed by atoms with van der Waals surface area (Å²) in [6.07, 6.45) is 1.15. The van der Waals surface area contributed by atoms with Crippen molar-refractivity contribution in [2.45, 2.75) is 44.4 Å². The van der Waals surface area contributed by atoms with Crippen molar-refractivity contribution in [3.8, 4) is 0 Å². The summed E-state index contributed by atoms with van der Waals surface area (Å²) in [5.74, 6) is 0.861. The molecule has 0 saturated carbocycles. The molecule has 2 aromatic heterocycles. The van der Waals surface area contributed by atoms with Crippen molar-refractivity contribution >= 4 is 56.4 Å². The fourth-order valence-corrected chi connectivity index (χ4v) is 7.16. The van der Waals surface area contributed by atoms with Gasteiger partial charge in [-0.3, -0.25) is 9.59 Å². The van der Waals surface area contributed by atoms with E-state index in [0.717, 1.165) is 32.8 Å². The summed E-state index contributed by atoms with van der Waals surface area (Å²) in [4.78, 5) is 35.4. The number of benzene rings is 4. The zero-order valence-electron chi connectivity index (χ0n) is 26.1. The van der Waals surface area contributed by atoms with Gasteiger partial charge in [0.05, 0.1) is 5.52 Å². The van der Waals surface area contributed by atoms with Crippen molar-refractivity contribution in [1.82, 2.24) is 29.5 Å². The lowest BCUT2D eigenvalue weighted by Crippen LogP contribution is -2.55. The van der Waals surface area contributed by atoms with Gasteiger partial charge in [0, 0.05) is 55.3 Å². The minimum Gasteiger partial charge on any atom is -0.339 e. The van der Waals surface area contributed by atoms with Gasteiger partial charge in [-0.2, -0.15) is 0 Å². The van der Waals surface area contributed by atoms with Gasteiger partial charge < -0.3 is 14.4 Å². The van der Waals surface area contributed by atoms with Gasteiger partial charge in [-0.15, -0.1) is 10.2 Å². The average molecular weight is 629 g/mol. The van der Waals surface area contributed by atoms with Gasteiger partial charge in [-0.05, 0) is 54.8 Å². The van der Waals surface area contributed by atoms with Crippen LogP contribution in [-0.2, 0) is 11.3 Å². The second kappa shape index (κ2) is 12.9. The number of carbonyl (C=O) groups is 2. The zero-order valence-corrected chi connectivity index (χ0v) is 26.9. The molecule has 0 aliphatic carbocycles. The normalized spacial score (nSPS) is 15.2. The summed E-state index contributed by atoms with van der Waals surface area (Å²) in [7, 11) is 0. The molecule has 1 fully saturated rings. The summed E-state index contributed by atoms with van der Waals surface area (Å²) >= 11 is 1.53. The molecule has 1 aliphatic rings. The quantitative estimate of drug-likeness (QED) is 0.137. The highest BCUT2D eigenvalue weighted by atomic mass is 32.2. The van der Waals surface area contributed by atoms with Crippen molar-refractivity contribution in [3.05, 3.63) is 108 Å². The summed E-state index contributed by atoms with van der Waals surface area (Å²) in [6.45, 7) is 6.41. The largest absolute Gasteiger partial charge is 0.339 e. The van der Waals surface area contributed by atoms with Crippen LogP contribution in [0.1, 0.15) is 41.3 Å². The molecule has 7 rings (SSSR count). The van der Waals surface area contributed by atoms with E-state index in [2.05, 4.69) is 64.2 Å². The van der Waals surface area contributed by atoms with Crippen LogP contribution >= 0.6 is 11.8 Å². The van der Waals surface area contributed by atoms with Gasteiger partial charge in [0.25, 0.3) is 5.91 Å². The van der Waals surface area contributed by atoms with E-state index in [1.165, 1.54) is 22.9 Å². The van der Waals surface area contributed by atoms with Crippen molar-refractivity contribution in [2.24, 2.45) is 0 Å². The molecule has 4 aromatic carbocycles. The highest BCUT2D eigenvalue weighted by Gasteiger charge is 2.30. The molecule has 1 atom stereocenters. The molecular weight excluding hydrogens is 593 g/mol. The number of fused-ring (bicyclic) bond motifs is 4. The predicted molar refractivity (Wildman–Crippen MR) is 184 cm³/mol. The summed E-state index contributed by atoms with van der Waals surface area (Å²) in [6, 6.07) is 30.5. The molecule has 232 valence electrons. The van der Waals surface area contributed by atoms with Gasteiger partial charge in [0.2, 0.25) is 11.1 Å². The first-order valence-electron chi connectivity index (χ1n) is 15.8. The average Bonchev–Trinajstić information content (AvgIpc) is 3.37. The molecule has 8 nitrogen and oxygen atoms in total. The van der Waals surface area contributed by atoms with Gasteiger partial charge in [0.1, 0.15) is 5.52 Å². The number of rotatable bonds is 8. The van der Waals surface area contributed by atoms with Crippen LogP contribution in [0.4, 0.5) is 0 Å². The first kappa shape index (κ1) is 29.9. The van der Waals surface area contributed by atoms with Crippen molar-refractivity contribution < 1.29 is 9.59 Å². The Kier molecular flexibility index (Phi) is 8.41. The molecular formula is C37H36N6O2S. The van der Waals surface area contributed by atoms with E-state index in [1.54, 1.807) is 0 Å². The molecule has 3 heterocycles. The van der Waals surface area contributed by atoms with E-state index in [1.807, 2.05) is 65.3 Å². The molecule has 1 saturated heterocycles. The summed E-state index contributed by atoms with van der Waals surface area (Å²) in [5, 5.41) is 12.7. The van der Waals surface area contributed by atoms with E-state index in [0.29, 0.717) is 55.5 Å². The Bertz CT molecular complexity index is 2050. The van der Waals surface area contributed by atoms with Crippen LogP contribution in [0.2, 0.25) is 0 Å². The van der Waals surface area contributed by atoms with E-state index >= 15 is 0 Å². The summed E-state index contributed by atoms with van der Waals surface area (Å²) < 4.78 is 2.22. The van der Waals surface area contributed by atoms with Gasteiger partial charge in [-0.25, -0.2) is 4.98 Å². The Hall–Kier alpha value is -4.76. The number of nitrogens with zero attached hydrogens (tertiary/aromatic N) is 6. The number of aryl methyl sites for hydroxylation is 1. The van der Waals surface area contributed by atoms with E-state index in [9.17, 15) is 9.59 Å². The molecule has 0 radical (unpaired) electrons. The Labute approximate surface area is 272 Å². The maximum atomic E-state index is 13.5. The van der Waals surface area contributed by atoms with Gasteiger partial charge >= 0.3 is 0 Å². The standard InChI is InChI=1S/C37H36N6O2S/c1-25-17-18-32-31(22-25)34-35(43(32)24-27-10-4-3-5-11-27)38-37(40-39-34)46-21-9-16-33(44)41-19-20-42(26(2)23-41)36(45)30-15-8-13-28-12-6-7-14-29(28)30/h3-8,10-15,17-18,22,26H,9,16,19-21,23-24H2,1-2H3. The highest BCUT2D eigenvalue weighted by Crippen LogP contribution is 2.29. The maximum Gasteiger partial charge on any atom is 0.254 e. The van der Waals surface area contributed by atoms with Crippen LogP contribution in [0.25, 0.3) is 32.8 Å². The Balaban J connectivity index is 0.970. The van der Waals surface area contributed by atoms with Crippen LogP contribution in [-0.4, -0.2) is 72.8 Å². The fraction of sp³-hybridized carbons (Fsp3) is 0.270.